The number of aromatic nitrogens is 2. The normalized spacial score (nSPS) is 11.3. The molecule has 0 N–H and O–H groups in total. The number of thioether (sulfide) groups is 1. The van der Waals surface area contributed by atoms with E-state index in [0.29, 0.717) is 27.5 Å². The Morgan fingerprint density at radius 1 is 1.19 bits per heavy atom. The van der Waals surface area contributed by atoms with E-state index >= 15 is 0 Å². The Kier molecular flexibility index (Phi) is 6.60. The van der Waals surface area contributed by atoms with Crippen molar-refractivity contribution in [3.63, 3.8) is 0 Å². The summed E-state index contributed by atoms with van der Waals surface area (Å²) in [7, 11) is 0. The molecule has 0 bridgehead atoms. The Labute approximate surface area is 195 Å². The van der Waals surface area contributed by atoms with E-state index in [9.17, 15) is 4.79 Å². The van der Waals surface area contributed by atoms with Gasteiger partial charge in [0.25, 0.3) is 5.91 Å². The van der Waals surface area contributed by atoms with E-state index in [1.807, 2.05) is 55.5 Å². The second-order valence-electron chi connectivity index (χ2n) is 7.46. The molecule has 0 aliphatic heterocycles. The SMILES string of the molecule is Cc1c(Cl)ccc2sc(N(Cc3cccnc3)C(=O)c3cccc(SC(C)C)c3)nc12. The van der Waals surface area contributed by atoms with Gasteiger partial charge in [-0.3, -0.25) is 14.7 Å². The average molecular weight is 468 g/mol. The Morgan fingerprint density at radius 2 is 2.03 bits per heavy atom. The topological polar surface area (TPSA) is 46.1 Å². The third kappa shape index (κ3) is 4.92. The maximum absolute atomic E-state index is 13.7. The number of fused-ring (bicyclic) bond motifs is 1. The van der Waals surface area contributed by atoms with Crippen LogP contribution in [0.5, 0.6) is 0 Å². The number of anilines is 1. The smallest absolute Gasteiger partial charge is 0.260 e. The highest BCUT2D eigenvalue weighted by Crippen LogP contribution is 2.35. The highest BCUT2D eigenvalue weighted by Gasteiger charge is 2.23. The first-order valence-electron chi connectivity index (χ1n) is 9.95. The Bertz CT molecular complexity index is 1220. The first-order chi connectivity index (χ1) is 14.9. The molecule has 0 radical (unpaired) electrons. The summed E-state index contributed by atoms with van der Waals surface area (Å²) >= 11 is 9.53. The first kappa shape index (κ1) is 21.8. The van der Waals surface area contributed by atoms with Crippen molar-refractivity contribution in [2.24, 2.45) is 0 Å². The lowest BCUT2D eigenvalue weighted by Gasteiger charge is -2.20. The van der Waals surface area contributed by atoms with Crippen LogP contribution in [0.15, 0.2) is 65.8 Å². The highest BCUT2D eigenvalue weighted by atomic mass is 35.5. The molecule has 0 aliphatic rings. The van der Waals surface area contributed by atoms with Crippen LogP contribution in [0.3, 0.4) is 0 Å². The van der Waals surface area contributed by atoms with Gasteiger partial charge in [0.1, 0.15) is 0 Å². The summed E-state index contributed by atoms with van der Waals surface area (Å²) in [5, 5.41) is 1.76. The zero-order valence-corrected chi connectivity index (χ0v) is 19.9. The number of rotatable bonds is 6. The van der Waals surface area contributed by atoms with Gasteiger partial charge in [0.05, 0.1) is 16.8 Å². The van der Waals surface area contributed by atoms with Gasteiger partial charge >= 0.3 is 0 Å². The van der Waals surface area contributed by atoms with Crippen molar-refractivity contribution >= 4 is 56.0 Å². The molecule has 2 heterocycles. The number of halogens is 1. The molecule has 0 spiro atoms. The lowest BCUT2D eigenvalue weighted by molar-refractivity contribution is 0.0985. The van der Waals surface area contributed by atoms with Crippen LogP contribution in [0.1, 0.15) is 35.3 Å². The number of carbonyl (C=O) groups is 1. The molecular formula is C24H22ClN3OS2. The predicted molar refractivity (Wildman–Crippen MR) is 132 cm³/mol. The monoisotopic (exact) mass is 467 g/mol. The molecule has 2 aromatic heterocycles. The Balaban J connectivity index is 1.76. The van der Waals surface area contributed by atoms with E-state index in [2.05, 4.69) is 18.8 Å². The molecule has 1 amide bonds. The van der Waals surface area contributed by atoms with Crippen LogP contribution in [-0.4, -0.2) is 21.1 Å². The van der Waals surface area contributed by atoms with Crippen LogP contribution in [0.25, 0.3) is 10.2 Å². The summed E-state index contributed by atoms with van der Waals surface area (Å²) < 4.78 is 1.00. The van der Waals surface area contributed by atoms with E-state index in [-0.39, 0.29) is 5.91 Å². The van der Waals surface area contributed by atoms with Crippen molar-refractivity contribution in [1.82, 2.24) is 9.97 Å². The fourth-order valence-corrected chi connectivity index (χ4v) is 5.31. The molecule has 0 saturated carbocycles. The summed E-state index contributed by atoms with van der Waals surface area (Å²) in [6, 6.07) is 15.5. The second-order valence-corrected chi connectivity index (χ2v) is 10.5. The van der Waals surface area contributed by atoms with E-state index < -0.39 is 0 Å². The molecule has 4 nitrogen and oxygen atoms in total. The van der Waals surface area contributed by atoms with Crippen molar-refractivity contribution in [2.75, 3.05) is 4.90 Å². The van der Waals surface area contributed by atoms with Gasteiger partial charge in [0.2, 0.25) is 0 Å². The van der Waals surface area contributed by atoms with Gasteiger partial charge in [-0.2, -0.15) is 0 Å². The number of pyridine rings is 1. The summed E-state index contributed by atoms with van der Waals surface area (Å²) in [5.74, 6) is -0.0853. The van der Waals surface area contributed by atoms with Gasteiger partial charge in [-0.25, -0.2) is 4.98 Å². The van der Waals surface area contributed by atoms with Gasteiger partial charge in [-0.05, 0) is 54.4 Å². The summed E-state index contributed by atoms with van der Waals surface area (Å²) in [5.41, 5.74) is 3.34. The molecular weight excluding hydrogens is 446 g/mol. The highest BCUT2D eigenvalue weighted by molar-refractivity contribution is 7.99. The van der Waals surface area contributed by atoms with E-state index in [1.54, 1.807) is 29.1 Å². The molecule has 31 heavy (non-hydrogen) atoms. The van der Waals surface area contributed by atoms with Crippen LogP contribution < -0.4 is 4.90 Å². The maximum Gasteiger partial charge on any atom is 0.260 e. The molecule has 0 unspecified atom stereocenters. The van der Waals surface area contributed by atoms with Gasteiger partial charge in [0, 0.05) is 33.1 Å². The second kappa shape index (κ2) is 9.39. The Morgan fingerprint density at radius 3 is 2.77 bits per heavy atom. The molecule has 158 valence electrons. The zero-order chi connectivity index (χ0) is 22.0. The average Bonchev–Trinajstić information content (AvgIpc) is 3.19. The minimum Gasteiger partial charge on any atom is -0.279 e. The lowest BCUT2D eigenvalue weighted by Crippen LogP contribution is -2.30. The van der Waals surface area contributed by atoms with E-state index in [1.165, 1.54) is 11.3 Å². The van der Waals surface area contributed by atoms with Gasteiger partial charge in [-0.15, -0.1) is 11.8 Å². The van der Waals surface area contributed by atoms with Crippen LogP contribution in [0, 0.1) is 6.92 Å². The fourth-order valence-electron chi connectivity index (χ4n) is 3.24. The summed E-state index contributed by atoms with van der Waals surface area (Å²) in [4.78, 5) is 25.5. The maximum atomic E-state index is 13.7. The standard InChI is InChI=1S/C24H22ClN3OS2/c1-15(2)30-19-8-4-7-18(12-19)23(29)28(14-17-6-5-11-26-13-17)24-27-22-16(3)20(25)9-10-21(22)31-24/h4-13,15H,14H2,1-3H3. The third-order valence-corrected chi connectivity index (χ3v) is 7.18. The number of thiazole rings is 1. The number of hydrogen-bond acceptors (Lipinski definition) is 5. The zero-order valence-electron chi connectivity index (χ0n) is 17.5. The van der Waals surface area contributed by atoms with Crippen molar-refractivity contribution in [3.8, 4) is 0 Å². The van der Waals surface area contributed by atoms with Crippen LogP contribution in [0.2, 0.25) is 5.02 Å². The number of carbonyl (C=O) groups excluding carboxylic acids is 1. The predicted octanol–water partition coefficient (Wildman–Crippen LogP) is 7.00. The lowest BCUT2D eigenvalue weighted by atomic mass is 10.2. The molecule has 4 rings (SSSR count). The third-order valence-electron chi connectivity index (χ3n) is 4.73. The van der Waals surface area contributed by atoms with Crippen molar-refractivity contribution in [2.45, 2.75) is 37.5 Å². The first-order valence-corrected chi connectivity index (χ1v) is 12.0. The summed E-state index contributed by atoms with van der Waals surface area (Å²) in [6.45, 7) is 6.62. The van der Waals surface area contributed by atoms with Crippen LogP contribution >= 0.6 is 34.7 Å². The van der Waals surface area contributed by atoms with Crippen molar-refractivity contribution in [1.29, 1.82) is 0 Å². The van der Waals surface area contributed by atoms with E-state index in [4.69, 9.17) is 16.6 Å². The number of benzene rings is 2. The molecule has 7 heteroatoms. The molecule has 0 fully saturated rings. The van der Waals surface area contributed by atoms with Crippen LogP contribution in [-0.2, 0) is 6.54 Å². The number of hydrogen-bond donors (Lipinski definition) is 0. The van der Waals surface area contributed by atoms with Crippen LogP contribution in [0.4, 0.5) is 5.13 Å². The molecule has 0 aliphatic carbocycles. The van der Waals surface area contributed by atoms with Crippen molar-refractivity contribution in [3.05, 3.63) is 82.6 Å². The van der Waals surface area contributed by atoms with Gasteiger partial charge in [0.15, 0.2) is 5.13 Å². The number of amides is 1. The summed E-state index contributed by atoms with van der Waals surface area (Å²) in [6.07, 6.45) is 3.51. The minimum atomic E-state index is -0.0853. The van der Waals surface area contributed by atoms with Gasteiger partial charge in [-0.1, -0.05) is 48.9 Å². The van der Waals surface area contributed by atoms with Crippen molar-refractivity contribution < 1.29 is 4.79 Å². The largest absolute Gasteiger partial charge is 0.279 e. The molecule has 4 aromatic rings. The quantitative estimate of drug-likeness (QED) is 0.286. The van der Waals surface area contributed by atoms with E-state index in [0.717, 1.165) is 26.2 Å². The molecule has 0 atom stereocenters. The minimum absolute atomic E-state index is 0.0853. The fraction of sp³-hybridized carbons (Fsp3) is 0.208. The Hall–Kier alpha value is -2.41. The van der Waals surface area contributed by atoms with Gasteiger partial charge < -0.3 is 0 Å². The molecule has 0 saturated heterocycles. The number of nitrogens with zero attached hydrogens (tertiary/aromatic N) is 3. The molecule has 2 aromatic carbocycles. The number of aryl methyl sites for hydroxylation is 1.